The van der Waals surface area contributed by atoms with E-state index in [0.29, 0.717) is 143 Å². The van der Waals surface area contributed by atoms with Gasteiger partial charge >= 0.3 is 0 Å². The second-order valence-corrected chi connectivity index (χ2v) is 12.0. The molecule has 2 heterocycles. The number of rotatable bonds is 33. The van der Waals surface area contributed by atoms with Crippen LogP contribution in [-0.2, 0) is 47.5 Å². The molecule has 21 heteroatoms. The van der Waals surface area contributed by atoms with Crippen LogP contribution in [0.25, 0.3) is 0 Å². The van der Waals surface area contributed by atoms with E-state index in [1.54, 1.807) is 6.08 Å². The Labute approximate surface area is 328 Å². The maximum atomic E-state index is 11.8. The van der Waals surface area contributed by atoms with E-state index in [-0.39, 0.29) is 49.3 Å². The summed E-state index contributed by atoms with van der Waals surface area (Å²) in [5, 5.41) is 50.4. The van der Waals surface area contributed by atoms with Crippen molar-refractivity contribution in [3.05, 3.63) is 24.4 Å². The number of aliphatic imine (C=N–C) groups is 1. The Morgan fingerprint density at radius 3 is 1.88 bits per heavy atom. The van der Waals surface area contributed by atoms with Crippen molar-refractivity contribution in [3.63, 3.8) is 0 Å². The zero-order valence-corrected chi connectivity index (χ0v) is 32.3. The lowest BCUT2D eigenvalue weighted by Gasteiger charge is -2.30. The first-order valence-electron chi connectivity index (χ1n) is 18.7. The molecule has 2 aliphatic heterocycles. The van der Waals surface area contributed by atoms with E-state index in [4.69, 9.17) is 64.4 Å². The number of carbonyl (C=O) groups excluding carboxylic acids is 2. The second-order valence-electron chi connectivity index (χ2n) is 12.0. The van der Waals surface area contributed by atoms with E-state index in [9.17, 15) is 14.7 Å². The van der Waals surface area contributed by atoms with Gasteiger partial charge in [0.05, 0.1) is 130 Å². The van der Waals surface area contributed by atoms with Crippen molar-refractivity contribution >= 4 is 23.7 Å². The monoisotopic (exact) mass is 808 g/mol. The zero-order chi connectivity index (χ0) is 41.1. The maximum Gasteiger partial charge on any atom is 0.251 e. The highest BCUT2D eigenvalue weighted by molar-refractivity contribution is 6.30. The third-order valence-electron chi connectivity index (χ3n) is 7.64. The van der Waals surface area contributed by atoms with Crippen molar-refractivity contribution in [1.82, 2.24) is 15.4 Å². The van der Waals surface area contributed by atoms with Gasteiger partial charge in [0.15, 0.2) is 0 Å². The van der Waals surface area contributed by atoms with E-state index < -0.39 is 12.2 Å². The summed E-state index contributed by atoms with van der Waals surface area (Å²) < 4.78 is 43.2. The molecule has 3 unspecified atom stereocenters. The van der Waals surface area contributed by atoms with Crippen molar-refractivity contribution in [3.8, 4) is 0 Å². The molecule has 21 nitrogen and oxygen atoms in total. The molecule has 0 aliphatic carbocycles. The van der Waals surface area contributed by atoms with E-state index in [2.05, 4.69) is 22.0 Å². The number of ether oxygens (including phenoxy) is 8. The lowest BCUT2D eigenvalue weighted by Crippen LogP contribution is -2.42. The first-order chi connectivity index (χ1) is 27.2. The molecular weight excluding hydrogens is 744 g/mol. The van der Waals surface area contributed by atoms with E-state index in [1.807, 2.05) is 0 Å². The fourth-order valence-electron chi connectivity index (χ4n) is 4.59. The Bertz CT molecular complexity index is 1100. The molecule has 3 atom stereocenters. The highest BCUT2D eigenvalue weighted by atomic mass is 16.8. The molecule has 8 N–H and O–H groups in total. The number of hydrogen-bond acceptors (Lipinski definition) is 19. The van der Waals surface area contributed by atoms with Crippen LogP contribution in [0, 0.1) is 0 Å². The van der Waals surface area contributed by atoms with Gasteiger partial charge in [-0.2, -0.15) is 5.10 Å². The molecule has 0 bridgehead atoms. The van der Waals surface area contributed by atoms with Crippen LogP contribution in [0.1, 0.15) is 25.7 Å². The summed E-state index contributed by atoms with van der Waals surface area (Å²) >= 11 is 0. The minimum atomic E-state index is -0.824. The summed E-state index contributed by atoms with van der Waals surface area (Å²) in [4.78, 5) is 29.0. The molecule has 1 saturated heterocycles. The first-order valence-corrected chi connectivity index (χ1v) is 18.7. The molecule has 0 saturated carbocycles. The molecule has 1 fully saturated rings. The fourth-order valence-corrected chi connectivity index (χ4v) is 4.59. The number of hydrogen-bond donors (Lipinski definition) is 7. The van der Waals surface area contributed by atoms with Crippen LogP contribution in [-0.4, -0.2) is 210 Å². The molecule has 0 aromatic rings. The Balaban J connectivity index is 0.00000101. The maximum absolute atomic E-state index is 11.8. The van der Waals surface area contributed by atoms with Gasteiger partial charge in [0.25, 0.3) is 5.91 Å². The van der Waals surface area contributed by atoms with Crippen molar-refractivity contribution in [1.29, 1.82) is 0 Å². The van der Waals surface area contributed by atoms with Gasteiger partial charge in [-0.25, -0.2) is 0 Å². The molecule has 0 aromatic carbocycles. The van der Waals surface area contributed by atoms with Crippen LogP contribution in [0.15, 0.2) is 34.5 Å². The van der Waals surface area contributed by atoms with Gasteiger partial charge < -0.3 is 69.3 Å². The number of amides is 2. The molecule has 324 valence electrons. The third-order valence-corrected chi connectivity index (χ3v) is 7.64. The number of nitrogens with zero attached hydrogens (tertiary/aromatic N) is 4. The summed E-state index contributed by atoms with van der Waals surface area (Å²) in [5.74, 6) is 4.88. The van der Waals surface area contributed by atoms with Crippen molar-refractivity contribution < 1.29 is 73.2 Å². The van der Waals surface area contributed by atoms with Crippen LogP contribution in [0.4, 0.5) is 0 Å². The standard InChI is InChI=1S/C28H49N5O10.C7H15NO5/c1-25-2-3-28(36)33(25)8-4-27(35)31-7-11-38-13-15-40-17-19-42-21-23-43-22-20-41-18-16-39-14-12-37-10-6-30-24-26(32-29)5-9-34;9-6-3-5(1-2-8(11)12)13-4-7(6)10/h2-3,24,34H,1,4-23,29H2,(H,31,35);5-7,9-12H,1-4H2/b30-24?,32-26-;. The topological polar surface area (TPSA) is 278 Å². The third kappa shape index (κ3) is 28.4. The van der Waals surface area contributed by atoms with Crippen LogP contribution >= 0.6 is 0 Å². The largest absolute Gasteiger partial charge is 0.396 e. The average Bonchev–Trinajstić information content (AvgIpc) is 3.51. The number of aliphatic hydroxyl groups excluding tert-OH is 3. The molecule has 2 amide bonds. The van der Waals surface area contributed by atoms with Gasteiger partial charge in [-0.15, -0.1) is 0 Å². The van der Waals surface area contributed by atoms with Crippen molar-refractivity contribution in [2.75, 3.05) is 132 Å². The molecular formula is C35H64N6O15. The number of allylic oxidation sites excluding steroid dienone is 1. The van der Waals surface area contributed by atoms with Gasteiger partial charge in [-0.1, -0.05) is 11.8 Å². The quantitative estimate of drug-likeness (QED) is 0.0168. The van der Waals surface area contributed by atoms with Gasteiger partial charge in [0.2, 0.25) is 5.91 Å². The molecule has 2 rings (SSSR count). The summed E-state index contributed by atoms with van der Waals surface area (Å²) in [7, 11) is 0. The van der Waals surface area contributed by atoms with Gasteiger partial charge in [0, 0.05) is 56.9 Å². The lowest BCUT2D eigenvalue weighted by atomic mass is 10.0. The fraction of sp³-hybridized carbons (Fsp3) is 0.771. The van der Waals surface area contributed by atoms with E-state index in [1.165, 1.54) is 17.2 Å². The van der Waals surface area contributed by atoms with Crippen LogP contribution in [0.3, 0.4) is 0 Å². The summed E-state index contributed by atoms with van der Waals surface area (Å²) in [6.07, 6.45) is 4.12. The van der Waals surface area contributed by atoms with Crippen LogP contribution in [0.2, 0.25) is 0 Å². The van der Waals surface area contributed by atoms with Gasteiger partial charge in [0.1, 0.15) is 6.10 Å². The Morgan fingerprint density at radius 2 is 1.41 bits per heavy atom. The number of hydroxylamine groups is 2. The predicted molar refractivity (Wildman–Crippen MR) is 201 cm³/mol. The number of nitrogens with one attached hydrogen (secondary N) is 1. The minimum absolute atomic E-state index is 0.0195. The van der Waals surface area contributed by atoms with Gasteiger partial charge in [-0.05, 0) is 12.5 Å². The minimum Gasteiger partial charge on any atom is -0.396 e. The Morgan fingerprint density at radius 1 is 0.875 bits per heavy atom. The predicted octanol–water partition coefficient (Wildman–Crippen LogP) is -1.74. The highest BCUT2D eigenvalue weighted by Gasteiger charge is 2.28. The highest BCUT2D eigenvalue weighted by Crippen LogP contribution is 2.17. The number of hydrazone groups is 1. The molecule has 56 heavy (non-hydrogen) atoms. The van der Waals surface area contributed by atoms with Crippen LogP contribution in [0.5, 0.6) is 0 Å². The second kappa shape index (κ2) is 35.2. The Hall–Kier alpha value is -3.00. The van der Waals surface area contributed by atoms with E-state index in [0.717, 1.165) is 0 Å². The number of aliphatic hydroxyl groups is 3. The average molecular weight is 809 g/mol. The molecule has 0 aromatic heterocycles. The summed E-state index contributed by atoms with van der Waals surface area (Å²) in [6.45, 7) is 11.5. The SMILES string of the molecule is C=C1C=CC(=O)N1CCC(=O)NCCOCCOCCOCCOCCOCCOCCOCCN=C/C(CCO)=N\N.OC1COC(CCN(O)O)CC1O. The molecule has 0 radical (unpaired) electrons. The normalized spacial score (nSPS) is 18.6. The summed E-state index contributed by atoms with van der Waals surface area (Å²) in [5.41, 5.74) is 1.14. The number of nitrogens with two attached hydrogens (primary N) is 1. The van der Waals surface area contributed by atoms with E-state index >= 15 is 0 Å². The molecule has 2 aliphatic rings. The number of carbonyl (C=O) groups is 2. The van der Waals surface area contributed by atoms with Crippen molar-refractivity contribution in [2.24, 2.45) is 15.9 Å². The smallest absolute Gasteiger partial charge is 0.251 e. The zero-order valence-electron chi connectivity index (χ0n) is 32.3. The van der Waals surface area contributed by atoms with Gasteiger partial charge in [-0.3, -0.25) is 25.0 Å². The molecule has 0 spiro atoms. The first kappa shape index (κ1) is 51.0. The Kier molecular flexibility index (Phi) is 32.1. The van der Waals surface area contributed by atoms with Crippen molar-refractivity contribution in [2.45, 2.75) is 44.0 Å². The van der Waals surface area contributed by atoms with Crippen LogP contribution < -0.4 is 11.2 Å². The summed E-state index contributed by atoms with van der Waals surface area (Å²) in [6, 6.07) is 0. The lowest BCUT2D eigenvalue weighted by molar-refractivity contribution is -0.309.